The van der Waals surface area contributed by atoms with Crippen LogP contribution >= 0.6 is 11.8 Å². The van der Waals surface area contributed by atoms with Gasteiger partial charge in [-0.15, -0.1) is 11.8 Å². The normalized spacial score (nSPS) is 11.3. The zero-order valence-corrected chi connectivity index (χ0v) is 15.8. The molecule has 0 aliphatic carbocycles. The number of thioether (sulfide) groups is 1. The molecule has 0 radical (unpaired) electrons. The first-order chi connectivity index (χ1) is 13.4. The van der Waals surface area contributed by atoms with E-state index in [1.165, 1.54) is 31.0 Å². The SMILES string of the molecule is COC(=O)c1ccc(CSc2ccc(-c3ccccc3)c(C(F)(F)F)c2)cc1. The lowest BCUT2D eigenvalue weighted by Crippen LogP contribution is -2.07. The molecule has 6 heteroatoms. The molecule has 28 heavy (non-hydrogen) atoms. The van der Waals surface area contributed by atoms with Crippen molar-refractivity contribution in [1.29, 1.82) is 0 Å². The van der Waals surface area contributed by atoms with E-state index in [4.69, 9.17) is 0 Å². The number of methoxy groups -OCH3 is 1. The first-order valence-electron chi connectivity index (χ1n) is 8.45. The summed E-state index contributed by atoms with van der Waals surface area (Å²) in [6.07, 6.45) is -4.44. The van der Waals surface area contributed by atoms with Crippen LogP contribution < -0.4 is 0 Å². The third-order valence-electron chi connectivity index (χ3n) is 4.16. The second-order valence-corrected chi connectivity index (χ2v) is 7.10. The Bertz CT molecular complexity index is 952. The molecule has 0 aliphatic rings. The van der Waals surface area contributed by atoms with Gasteiger partial charge >= 0.3 is 12.1 Å². The zero-order valence-electron chi connectivity index (χ0n) is 15.0. The van der Waals surface area contributed by atoms with Gasteiger partial charge in [0.15, 0.2) is 0 Å². The van der Waals surface area contributed by atoms with Gasteiger partial charge in [0, 0.05) is 10.6 Å². The highest BCUT2D eigenvalue weighted by molar-refractivity contribution is 7.98. The van der Waals surface area contributed by atoms with Crippen LogP contribution in [0.4, 0.5) is 13.2 Å². The predicted molar refractivity (Wildman–Crippen MR) is 104 cm³/mol. The second-order valence-electron chi connectivity index (χ2n) is 6.05. The van der Waals surface area contributed by atoms with Gasteiger partial charge in [-0.05, 0) is 41.0 Å². The molecule has 0 saturated carbocycles. The molecule has 144 valence electrons. The second kappa shape index (κ2) is 8.52. The van der Waals surface area contributed by atoms with Crippen LogP contribution in [-0.4, -0.2) is 13.1 Å². The molecule has 0 spiro atoms. The van der Waals surface area contributed by atoms with Crippen LogP contribution in [0.25, 0.3) is 11.1 Å². The highest BCUT2D eigenvalue weighted by Crippen LogP contribution is 2.39. The number of esters is 1. The summed E-state index contributed by atoms with van der Waals surface area (Å²) in [5.41, 5.74) is 1.38. The van der Waals surface area contributed by atoms with E-state index in [0.717, 1.165) is 5.56 Å². The number of alkyl halides is 3. The van der Waals surface area contributed by atoms with E-state index in [0.29, 0.717) is 21.8 Å². The molecule has 0 bridgehead atoms. The van der Waals surface area contributed by atoms with Gasteiger partial charge in [0.2, 0.25) is 0 Å². The number of carbonyl (C=O) groups excluding carboxylic acids is 1. The van der Waals surface area contributed by atoms with Crippen molar-refractivity contribution in [2.75, 3.05) is 7.11 Å². The Kier molecular flexibility index (Phi) is 6.09. The largest absolute Gasteiger partial charge is 0.465 e. The quantitative estimate of drug-likeness (QED) is 0.362. The van der Waals surface area contributed by atoms with Gasteiger partial charge in [-0.3, -0.25) is 0 Å². The van der Waals surface area contributed by atoms with Crippen molar-refractivity contribution < 1.29 is 22.7 Å². The Balaban J connectivity index is 1.80. The van der Waals surface area contributed by atoms with Gasteiger partial charge in [0.25, 0.3) is 0 Å². The Morgan fingerprint density at radius 3 is 2.25 bits per heavy atom. The van der Waals surface area contributed by atoms with Crippen molar-refractivity contribution in [1.82, 2.24) is 0 Å². The number of rotatable bonds is 5. The highest BCUT2D eigenvalue weighted by atomic mass is 32.2. The molecule has 0 saturated heterocycles. The molecular formula is C22H17F3O2S. The van der Waals surface area contributed by atoms with Gasteiger partial charge in [-0.1, -0.05) is 48.5 Å². The molecule has 0 atom stereocenters. The molecule has 3 aromatic rings. The lowest BCUT2D eigenvalue weighted by molar-refractivity contribution is -0.137. The monoisotopic (exact) mass is 402 g/mol. The average molecular weight is 402 g/mol. The Morgan fingerprint density at radius 2 is 1.64 bits per heavy atom. The minimum absolute atomic E-state index is 0.167. The van der Waals surface area contributed by atoms with Crippen molar-refractivity contribution in [3.63, 3.8) is 0 Å². The van der Waals surface area contributed by atoms with Crippen LogP contribution in [0.15, 0.2) is 77.7 Å². The number of benzene rings is 3. The third kappa shape index (κ3) is 4.75. The Morgan fingerprint density at radius 1 is 0.964 bits per heavy atom. The number of hydrogen-bond donors (Lipinski definition) is 0. The summed E-state index contributed by atoms with van der Waals surface area (Å²) >= 11 is 1.31. The minimum atomic E-state index is -4.44. The molecule has 3 rings (SSSR count). The van der Waals surface area contributed by atoms with Crippen LogP contribution in [0.3, 0.4) is 0 Å². The van der Waals surface area contributed by atoms with E-state index in [1.54, 1.807) is 60.7 Å². The summed E-state index contributed by atoms with van der Waals surface area (Å²) < 4.78 is 45.4. The van der Waals surface area contributed by atoms with Crippen molar-refractivity contribution in [3.8, 4) is 11.1 Å². The van der Waals surface area contributed by atoms with Gasteiger partial charge in [-0.2, -0.15) is 13.2 Å². The molecule has 0 aliphatic heterocycles. The molecule has 0 aromatic heterocycles. The lowest BCUT2D eigenvalue weighted by atomic mass is 9.99. The fourth-order valence-corrected chi connectivity index (χ4v) is 3.63. The molecular weight excluding hydrogens is 385 g/mol. The molecule has 3 aromatic carbocycles. The highest BCUT2D eigenvalue weighted by Gasteiger charge is 2.34. The van der Waals surface area contributed by atoms with Crippen LogP contribution in [0.1, 0.15) is 21.5 Å². The summed E-state index contributed by atoms with van der Waals surface area (Å²) in [4.78, 5) is 12.0. The first kappa shape index (κ1) is 20.0. The van der Waals surface area contributed by atoms with Crippen LogP contribution in [0, 0.1) is 0 Å². The average Bonchev–Trinajstić information content (AvgIpc) is 2.72. The Hall–Kier alpha value is -2.73. The first-order valence-corrected chi connectivity index (χ1v) is 9.44. The number of halogens is 3. The third-order valence-corrected chi connectivity index (χ3v) is 5.23. The molecule has 0 unspecified atom stereocenters. The molecule has 0 amide bonds. The maximum absolute atomic E-state index is 13.6. The molecule has 0 heterocycles. The van der Waals surface area contributed by atoms with E-state index in [2.05, 4.69) is 4.74 Å². The standard InChI is InChI=1S/C22H17F3O2S/c1-27-21(26)17-9-7-15(8-10-17)14-28-18-11-12-19(16-5-3-2-4-6-16)20(13-18)22(23,24)25/h2-13H,14H2,1H3. The van der Waals surface area contributed by atoms with Crippen LogP contribution in [0.2, 0.25) is 0 Å². The van der Waals surface area contributed by atoms with Crippen molar-refractivity contribution in [2.24, 2.45) is 0 Å². The molecule has 0 fully saturated rings. The maximum Gasteiger partial charge on any atom is 0.417 e. The van der Waals surface area contributed by atoms with Crippen LogP contribution in [-0.2, 0) is 16.7 Å². The fourth-order valence-electron chi connectivity index (χ4n) is 2.74. The summed E-state index contributed by atoms with van der Waals surface area (Å²) in [5.74, 6) is 0.0641. The smallest absolute Gasteiger partial charge is 0.417 e. The van der Waals surface area contributed by atoms with Gasteiger partial charge in [0.1, 0.15) is 0 Å². The zero-order chi connectivity index (χ0) is 20.1. The van der Waals surface area contributed by atoms with Crippen molar-refractivity contribution in [3.05, 3.63) is 89.5 Å². The summed E-state index contributed by atoms with van der Waals surface area (Å²) in [7, 11) is 1.31. The van der Waals surface area contributed by atoms with E-state index >= 15 is 0 Å². The van der Waals surface area contributed by atoms with Gasteiger partial charge in [-0.25, -0.2) is 4.79 Å². The van der Waals surface area contributed by atoms with E-state index in [1.807, 2.05) is 0 Å². The van der Waals surface area contributed by atoms with Crippen molar-refractivity contribution in [2.45, 2.75) is 16.8 Å². The van der Waals surface area contributed by atoms with Crippen molar-refractivity contribution >= 4 is 17.7 Å². The number of hydrogen-bond acceptors (Lipinski definition) is 3. The Labute approximate surface area is 165 Å². The predicted octanol–water partition coefficient (Wildman–Crippen LogP) is 6.45. The van der Waals surface area contributed by atoms with Gasteiger partial charge in [0.05, 0.1) is 18.2 Å². The summed E-state index contributed by atoms with van der Waals surface area (Å²) in [6.45, 7) is 0. The maximum atomic E-state index is 13.6. The van der Waals surface area contributed by atoms with Gasteiger partial charge < -0.3 is 4.74 Å². The number of ether oxygens (including phenoxy) is 1. The lowest BCUT2D eigenvalue weighted by Gasteiger charge is -2.15. The van der Waals surface area contributed by atoms with Crippen LogP contribution in [0.5, 0.6) is 0 Å². The number of carbonyl (C=O) groups is 1. The van der Waals surface area contributed by atoms with E-state index in [9.17, 15) is 18.0 Å². The van der Waals surface area contributed by atoms with E-state index < -0.39 is 17.7 Å². The summed E-state index contributed by atoms with van der Waals surface area (Å²) in [6, 6.07) is 19.8. The van der Waals surface area contributed by atoms with E-state index in [-0.39, 0.29) is 5.56 Å². The molecule has 2 nitrogen and oxygen atoms in total. The summed E-state index contributed by atoms with van der Waals surface area (Å²) in [5, 5.41) is 0. The minimum Gasteiger partial charge on any atom is -0.465 e. The molecule has 0 N–H and O–H groups in total. The fraction of sp³-hybridized carbons (Fsp3) is 0.136. The topological polar surface area (TPSA) is 26.3 Å².